The maximum Gasteiger partial charge on any atom is 0.410 e. The average molecular weight is 400 g/mol. The van der Waals surface area contributed by atoms with E-state index in [1.807, 2.05) is 37.8 Å². The van der Waals surface area contributed by atoms with E-state index in [1.54, 1.807) is 4.90 Å². The molecule has 1 atom stereocenters. The van der Waals surface area contributed by atoms with E-state index in [0.717, 1.165) is 25.2 Å². The molecule has 0 bridgehead atoms. The molecular weight excluding hydrogens is 372 g/mol. The van der Waals surface area contributed by atoms with Gasteiger partial charge in [0.1, 0.15) is 5.60 Å². The van der Waals surface area contributed by atoms with Gasteiger partial charge in [-0.3, -0.25) is 0 Å². The second-order valence-corrected chi connectivity index (χ2v) is 8.54. The number of hydrogen-bond acceptors (Lipinski definition) is 7. The lowest BCUT2D eigenvalue weighted by Crippen LogP contribution is -2.50. The second-order valence-electron chi connectivity index (χ2n) is 8.54. The highest BCUT2D eigenvalue weighted by Gasteiger charge is 2.28. The Hall–Kier alpha value is -2.61. The van der Waals surface area contributed by atoms with Crippen LogP contribution in [0, 0.1) is 0 Å². The van der Waals surface area contributed by atoms with Crippen molar-refractivity contribution in [3.8, 4) is 11.4 Å². The molecule has 4 rings (SSSR count). The van der Waals surface area contributed by atoms with E-state index in [4.69, 9.17) is 14.0 Å². The van der Waals surface area contributed by atoms with E-state index < -0.39 is 5.60 Å². The van der Waals surface area contributed by atoms with Crippen LogP contribution in [0.1, 0.15) is 38.7 Å². The molecule has 2 aliphatic heterocycles. The molecule has 0 aliphatic carbocycles. The number of anilines is 1. The van der Waals surface area contributed by atoms with E-state index in [0.29, 0.717) is 43.9 Å². The smallest absolute Gasteiger partial charge is 0.410 e. The first-order valence-electron chi connectivity index (χ1n) is 10.1. The number of rotatable bonds is 3. The third-order valence-corrected chi connectivity index (χ3v) is 5.16. The van der Waals surface area contributed by atoms with Crippen LogP contribution in [0.5, 0.6) is 0 Å². The Morgan fingerprint density at radius 1 is 1.21 bits per heavy atom. The molecule has 0 radical (unpaired) electrons. The van der Waals surface area contributed by atoms with Gasteiger partial charge in [-0.25, -0.2) is 4.79 Å². The Morgan fingerprint density at radius 3 is 2.69 bits per heavy atom. The van der Waals surface area contributed by atoms with E-state index in [2.05, 4.69) is 22.3 Å². The van der Waals surface area contributed by atoms with Crippen LogP contribution in [-0.4, -0.2) is 66.1 Å². The number of ether oxygens (including phenoxy) is 2. The van der Waals surface area contributed by atoms with E-state index in [1.165, 1.54) is 5.56 Å². The molecular formula is C21H28N4O4. The van der Waals surface area contributed by atoms with Crippen LogP contribution in [0.2, 0.25) is 0 Å². The molecule has 156 valence electrons. The number of benzene rings is 1. The lowest BCUT2D eigenvalue weighted by molar-refractivity contribution is 0.0238. The molecule has 1 aromatic carbocycles. The molecule has 0 spiro atoms. The minimum absolute atomic E-state index is 0.281. The molecule has 1 unspecified atom stereocenters. The highest BCUT2D eigenvalue weighted by Crippen LogP contribution is 2.29. The summed E-state index contributed by atoms with van der Waals surface area (Å²) in [4.78, 5) is 20.5. The zero-order chi connectivity index (χ0) is 20.4. The van der Waals surface area contributed by atoms with Crippen molar-refractivity contribution in [2.75, 3.05) is 44.3 Å². The van der Waals surface area contributed by atoms with Gasteiger partial charge in [-0.1, -0.05) is 23.4 Å². The van der Waals surface area contributed by atoms with Crippen molar-refractivity contribution in [2.45, 2.75) is 38.7 Å². The van der Waals surface area contributed by atoms with Crippen molar-refractivity contribution in [3.05, 3.63) is 29.8 Å². The summed E-state index contributed by atoms with van der Waals surface area (Å²) in [6.07, 6.45) is 0.763. The van der Waals surface area contributed by atoms with Crippen molar-refractivity contribution >= 4 is 12.1 Å². The van der Waals surface area contributed by atoms with Gasteiger partial charge in [0, 0.05) is 44.3 Å². The number of piperazine rings is 1. The summed E-state index contributed by atoms with van der Waals surface area (Å²) >= 11 is 0. The first-order valence-corrected chi connectivity index (χ1v) is 10.1. The lowest BCUT2D eigenvalue weighted by Gasteiger charge is -2.34. The van der Waals surface area contributed by atoms with E-state index in [-0.39, 0.29) is 6.09 Å². The first kappa shape index (κ1) is 19.7. The molecule has 8 nitrogen and oxygen atoms in total. The maximum atomic E-state index is 12.2. The number of carbonyl (C=O) groups excluding carboxylic acids is 1. The molecule has 2 aliphatic rings. The number of amides is 1. The molecule has 1 amide bonds. The van der Waals surface area contributed by atoms with Gasteiger partial charge >= 0.3 is 12.1 Å². The zero-order valence-corrected chi connectivity index (χ0v) is 17.3. The topological polar surface area (TPSA) is 80.9 Å². The summed E-state index contributed by atoms with van der Waals surface area (Å²) in [7, 11) is 0. The first-order chi connectivity index (χ1) is 13.9. The molecule has 3 heterocycles. The number of hydrogen-bond donors (Lipinski definition) is 0. The molecule has 2 saturated heterocycles. The van der Waals surface area contributed by atoms with Gasteiger partial charge in [0.2, 0.25) is 5.82 Å². The van der Waals surface area contributed by atoms with Crippen molar-refractivity contribution in [1.82, 2.24) is 15.0 Å². The third-order valence-electron chi connectivity index (χ3n) is 5.16. The molecule has 0 N–H and O–H groups in total. The predicted octanol–water partition coefficient (Wildman–Crippen LogP) is 3.30. The monoisotopic (exact) mass is 400 g/mol. The summed E-state index contributed by atoms with van der Waals surface area (Å²) in [6.45, 7) is 9.56. The molecule has 2 fully saturated rings. The van der Waals surface area contributed by atoms with Gasteiger partial charge in [0.25, 0.3) is 0 Å². The van der Waals surface area contributed by atoms with Crippen molar-refractivity contribution in [3.63, 3.8) is 0 Å². The fraction of sp³-hybridized carbons (Fsp3) is 0.571. The number of aromatic nitrogens is 2. The van der Waals surface area contributed by atoms with Crippen LogP contribution in [-0.2, 0) is 9.47 Å². The Kier molecular flexibility index (Phi) is 5.45. The SMILES string of the molecule is CC(C)(C)OC(=O)N1CCN(c2nc(-c3cccc(C4CCOC4)c3)no2)CC1. The van der Waals surface area contributed by atoms with Crippen molar-refractivity contribution in [1.29, 1.82) is 0 Å². The lowest BCUT2D eigenvalue weighted by atomic mass is 9.97. The van der Waals surface area contributed by atoms with Crippen LogP contribution in [0.4, 0.5) is 10.8 Å². The molecule has 1 aromatic heterocycles. The summed E-state index contributed by atoms with van der Waals surface area (Å²) < 4.78 is 16.4. The summed E-state index contributed by atoms with van der Waals surface area (Å²) in [5.41, 5.74) is 1.70. The Morgan fingerprint density at radius 2 is 2.00 bits per heavy atom. The summed E-state index contributed by atoms with van der Waals surface area (Å²) in [5.74, 6) is 1.01. The zero-order valence-electron chi connectivity index (χ0n) is 17.3. The van der Waals surface area contributed by atoms with Crippen LogP contribution in [0.25, 0.3) is 11.4 Å². The van der Waals surface area contributed by atoms with Crippen molar-refractivity contribution in [2.24, 2.45) is 0 Å². The van der Waals surface area contributed by atoms with Gasteiger partial charge in [0.05, 0.1) is 6.61 Å². The van der Waals surface area contributed by atoms with Gasteiger partial charge in [0.15, 0.2) is 0 Å². The predicted molar refractivity (Wildman–Crippen MR) is 108 cm³/mol. The Bertz CT molecular complexity index is 846. The van der Waals surface area contributed by atoms with Gasteiger partial charge in [-0.15, -0.1) is 0 Å². The summed E-state index contributed by atoms with van der Waals surface area (Å²) in [6, 6.07) is 8.75. The van der Waals surface area contributed by atoms with E-state index >= 15 is 0 Å². The van der Waals surface area contributed by atoms with Gasteiger partial charge < -0.3 is 23.8 Å². The van der Waals surface area contributed by atoms with Crippen LogP contribution < -0.4 is 4.90 Å². The summed E-state index contributed by atoms with van der Waals surface area (Å²) in [5, 5.41) is 4.17. The highest BCUT2D eigenvalue weighted by atomic mass is 16.6. The van der Waals surface area contributed by atoms with Crippen LogP contribution in [0.3, 0.4) is 0 Å². The molecule has 2 aromatic rings. The van der Waals surface area contributed by atoms with Gasteiger partial charge in [-0.2, -0.15) is 4.98 Å². The quantitative estimate of drug-likeness (QED) is 0.782. The molecule has 8 heteroatoms. The second kappa shape index (κ2) is 8.02. The largest absolute Gasteiger partial charge is 0.444 e. The normalized spacial score (nSPS) is 20.2. The highest BCUT2D eigenvalue weighted by molar-refractivity contribution is 5.68. The maximum absolute atomic E-state index is 12.2. The molecule has 0 saturated carbocycles. The van der Waals surface area contributed by atoms with Crippen molar-refractivity contribution < 1.29 is 18.8 Å². The number of carbonyl (C=O) groups is 1. The minimum Gasteiger partial charge on any atom is -0.444 e. The standard InChI is InChI=1S/C21H28N4O4/c1-21(2,3)28-20(26)25-10-8-24(9-11-25)19-22-18(23-29-19)16-6-4-5-15(13-16)17-7-12-27-14-17/h4-6,13,17H,7-12,14H2,1-3H3. The minimum atomic E-state index is -0.491. The molecule has 29 heavy (non-hydrogen) atoms. The number of nitrogens with zero attached hydrogens (tertiary/aromatic N) is 4. The Labute approximate surface area is 170 Å². The Balaban J connectivity index is 1.39. The fourth-order valence-electron chi connectivity index (χ4n) is 3.60. The fourth-order valence-corrected chi connectivity index (χ4v) is 3.60. The van der Waals surface area contributed by atoms with E-state index in [9.17, 15) is 4.79 Å². The van der Waals surface area contributed by atoms with Gasteiger partial charge in [-0.05, 0) is 38.8 Å². The average Bonchev–Trinajstić information content (AvgIpc) is 3.39. The van der Waals surface area contributed by atoms with Crippen LogP contribution in [0.15, 0.2) is 28.8 Å². The third kappa shape index (κ3) is 4.70. The van der Waals surface area contributed by atoms with Crippen LogP contribution >= 0.6 is 0 Å².